The Hall–Kier alpha value is -2.61. The van der Waals surface area contributed by atoms with Gasteiger partial charge in [0.1, 0.15) is 11.6 Å². The normalized spacial score (nSPS) is 19.1. The van der Waals surface area contributed by atoms with Gasteiger partial charge in [-0.05, 0) is 43.9 Å². The second-order valence-electron chi connectivity index (χ2n) is 7.55. The number of halogens is 2. The third-order valence-corrected chi connectivity index (χ3v) is 5.63. The number of nitrogen functional groups attached to an aromatic ring is 1. The zero-order valence-electron chi connectivity index (χ0n) is 16.0. The number of amides is 2. The number of carbonyl (C=O) groups excluding carboxylic acids is 1. The fraction of sp³-hybridized carbons (Fsp3) is 0.450. The summed E-state index contributed by atoms with van der Waals surface area (Å²) in [4.78, 5) is 25.3. The Morgan fingerprint density at radius 2 is 2.14 bits per heavy atom. The van der Waals surface area contributed by atoms with E-state index in [1.807, 2.05) is 11.0 Å². The van der Waals surface area contributed by atoms with Gasteiger partial charge in [-0.15, -0.1) is 0 Å². The van der Waals surface area contributed by atoms with Crippen molar-refractivity contribution >= 4 is 29.4 Å². The molecule has 2 aliphatic rings. The van der Waals surface area contributed by atoms with Gasteiger partial charge in [0.15, 0.2) is 0 Å². The molecule has 154 valence electrons. The molecule has 1 aromatic heterocycles. The highest BCUT2D eigenvalue weighted by Crippen LogP contribution is 2.32. The number of nitrogens with one attached hydrogen (secondary N) is 1. The Morgan fingerprint density at radius 1 is 1.31 bits per heavy atom. The van der Waals surface area contributed by atoms with Crippen molar-refractivity contribution in [3.05, 3.63) is 46.9 Å². The number of piperidine rings is 1. The van der Waals surface area contributed by atoms with E-state index in [4.69, 9.17) is 17.3 Å². The van der Waals surface area contributed by atoms with E-state index in [1.165, 1.54) is 6.07 Å². The van der Waals surface area contributed by atoms with Crippen LogP contribution in [0.1, 0.15) is 31.2 Å². The van der Waals surface area contributed by atoms with Crippen LogP contribution >= 0.6 is 11.6 Å². The third-order valence-electron chi connectivity index (χ3n) is 5.39. The summed E-state index contributed by atoms with van der Waals surface area (Å²) in [5.41, 5.74) is 6.14. The van der Waals surface area contributed by atoms with Crippen molar-refractivity contribution < 1.29 is 9.18 Å². The maximum Gasteiger partial charge on any atom is 0.318 e. The van der Waals surface area contributed by atoms with E-state index in [1.54, 1.807) is 18.3 Å². The van der Waals surface area contributed by atoms with Gasteiger partial charge < -0.3 is 20.9 Å². The number of nitrogens with two attached hydrogens (primary N) is 1. The Labute approximate surface area is 174 Å². The van der Waals surface area contributed by atoms with Crippen molar-refractivity contribution in [1.29, 1.82) is 0 Å². The average molecular weight is 419 g/mol. The van der Waals surface area contributed by atoms with Gasteiger partial charge in [-0.1, -0.05) is 17.7 Å². The summed E-state index contributed by atoms with van der Waals surface area (Å²) < 4.78 is 14.0. The van der Waals surface area contributed by atoms with Gasteiger partial charge >= 0.3 is 6.03 Å². The molecule has 0 unspecified atom stereocenters. The number of anilines is 2. The van der Waals surface area contributed by atoms with Gasteiger partial charge in [-0.2, -0.15) is 4.98 Å². The predicted molar refractivity (Wildman–Crippen MR) is 110 cm³/mol. The monoisotopic (exact) mass is 418 g/mol. The quantitative estimate of drug-likeness (QED) is 0.778. The number of carbonyl (C=O) groups is 1. The Kier molecular flexibility index (Phi) is 5.71. The smallest absolute Gasteiger partial charge is 0.318 e. The summed E-state index contributed by atoms with van der Waals surface area (Å²) in [6.07, 6.45) is 5.53. The zero-order chi connectivity index (χ0) is 20.4. The lowest BCUT2D eigenvalue weighted by Gasteiger charge is -2.40. The van der Waals surface area contributed by atoms with E-state index < -0.39 is 5.82 Å². The summed E-state index contributed by atoms with van der Waals surface area (Å²) in [5.74, 6) is 0.606. The van der Waals surface area contributed by atoms with Crippen LogP contribution in [0.25, 0.3) is 0 Å². The van der Waals surface area contributed by atoms with Crippen LogP contribution in [0.2, 0.25) is 5.02 Å². The number of rotatable bonds is 5. The van der Waals surface area contributed by atoms with E-state index in [9.17, 15) is 9.18 Å². The van der Waals surface area contributed by atoms with Crippen LogP contribution in [-0.2, 0) is 6.54 Å². The molecule has 2 fully saturated rings. The predicted octanol–water partition coefficient (Wildman–Crippen LogP) is 3.19. The van der Waals surface area contributed by atoms with Crippen LogP contribution in [0.15, 0.2) is 30.5 Å². The molecule has 1 aliphatic heterocycles. The molecule has 29 heavy (non-hydrogen) atoms. The van der Waals surface area contributed by atoms with Gasteiger partial charge in [-0.25, -0.2) is 14.2 Å². The van der Waals surface area contributed by atoms with Crippen molar-refractivity contribution in [2.24, 2.45) is 0 Å². The number of benzene rings is 1. The molecule has 1 saturated heterocycles. The van der Waals surface area contributed by atoms with Gasteiger partial charge in [-0.3, -0.25) is 0 Å². The van der Waals surface area contributed by atoms with Crippen molar-refractivity contribution in [3.63, 3.8) is 0 Å². The van der Waals surface area contributed by atoms with E-state index in [0.717, 1.165) is 38.0 Å². The first-order chi connectivity index (χ1) is 14.0. The van der Waals surface area contributed by atoms with E-state index in [-0.39, 0.29) is 30.6 Å². The minimum atomic E-state index is -0.416. The maximum absolute atomic E-state index is 14.0. The molecule has 1 atom stereocenters. The van der Waals surface area contributed by atoms with Crippen LogP contribution in [0, 0.1) is 5.82 Å². The molecule has 2 amide bonds. The van der Waals surface area contributed by atoms with Crippen LogP contribution in [-0.4, -0.2) is 46.1 Å². The van der Waals surface area contributed by atoms with Crippen LogP contribution in [0.4, 0.5) is 21.0 Å². The molecular weight excluding hydrogens is 395 g/mol. The van der Waals surface area contributed by atoms with Crippen molar-refractivity contribution in [3.8, 4) is 0 Å². The molecule has 1 saturated carbocycles. The van der Waals surface area contributed by atoms with E-state index >= 15 is 0 Å². The first-order valence-electron chi connectivity index (χ1n) is 9.85. The molecule has 9 heteroatoms. The number of aromatic nitrogens is 2. The molecule has 2 heterocycles. The molecule has 2 aromatic rings. The molecule has 0 spiro atoms. The molecular formula is C20H24ClFN6O. The largest absolute Gasteiger partial charge is 0.368 e. The second kappa shape index (κ2) is 8.41. The SMILES string of the molecule is Nc1nccc(N2CCC[C@@H](N(C(=O)NCc3ccc(Cl)cc3F)C3CC3)C2)n1. The highest BCUT2D eigenvalue weighted by atomic mass is 35.5. The Balaban J connectivity index is 1.43. The van der Waals surface area contributed by atoms with Crippen LogP contribution in [0.3, 0.4) is 0 Å². The lowest BCUT2D eigenvalue weighted by atomic mass is 10.0. The fourth-order valence-electron chi connectivity index (χ4n) is 3.84. The molecule has 0 radical (unpaired) electrons. The lowest BCUT2D eigenvalue weighted by Crippen LogP contribution is -2.54. The third kappa shape index (κ3) is 4.70. The summed E-state index contributed by atoms with van der Waals surface area (Å²) >= 11 is 5.80. The molecule has 3 N–H and O–H groups in total. The first-order valence-corrected chi connectivity index (χ1v) is 10.2. The van der Waals surface area contributed by atoms with Gasteiger partial charge in [0.05, 0.1) is 6.04 Å². The zero-order valence-corrected chi connectivity index (χ0v) is 16.8. The van der Waals surface area contributed by atoms with Gasteiger partial charge in [0, 0.05) is 42.5 Å². The second-order valence-corrected chi connectivity index (χ2v) is 7.98. The van der Waals surface area contributed by atoms with Gasteiger partial charge in [0.2, 0.25) is 5.95 Å². The highest BCUT2D eigenvalue weighted by Gasteiger charge is 2.39. The maximum atomic E-state index is 14.0. The van der Waals surface area contributed by atoms with Crippen molar-refractivity contribution in [2.45, 2.75) is 44.3 Å². The van der Waals surface area contributed by atoms with Crippen molar-refractivity contribution in [2.75, 3.05) is 23.7 Å². The Morgan fingerprint density at radius 3 is 2.86 bits per heavy atom. The summed E-state index contributed by atoms with van der Waals surface area (Å²) in [6, 6.07) is 6.47. The summed E-state index contributed by atoms with van der Waals surface area (Å²) in [5, 5.41) is 3.22. The number of hydrogen-bond donors (Lipinski definition) is 2. The average Bonchev–Trinajstić information content (AvgIpc) is 3.53. The standard InChI is InChI=1S/C20H24ClFN6O/c21-14-4-3-13(17(22)10-14)11-25-20(29)28(15-5-6-15)16-2-1-9-27(12-16)18-7-8-24-19(23)26-18/h3-4,7-8,10,15-16H,1-2,5-6,9,11-12H2,(H,25,29)(H2,23,24,26)/t16-/m1/s1. The molecule has 4 rings (SSSR count). The minimum Gasteiger partial charge on any atom is -0.368 e. The minimum absolute atomic E-state index is 0.0718. The fourth-order valence-corrected chi connectivity index (χ4v) is 4.00. The van der Waals surface area contributed by atoms with Crippen LogP contribution < -0.4 is 16.0 Å². The number of nitrogens with zero attached hydrogens (tertiary/aromatic N) is 4. The van der Waals surface area contributed by atoms with Gasteiger partial charge in [0.25, 0.3) is 0 Å². The number of urea groups is 1. The lowest BCUT2D eigenvalue weighted by molar-refractivity contribution is 0.160. The Bertz CT molecular complexity index is 893. The van der Waals surface area contributed by atoms with Crippen LogP contribution in [0.5, 0.6) is 0 Å². The highest BCUT2D eigenvalue weighted by molar-refractivity contribution is 6.30. The topological polar surface area (TPSA) is 87.4 Å². The summed E-state index contributed by atoms with van der Waals surface area (Å²) in [7, 11) is 0. The molecule has 1 aromatic carbocycles. The van der Waals surface area contributed by atoms with E-state index in [0.29, 0.717) is 17.1 Å². The summed E-state index contributed by atoms with van der Waals surface area (Å²) in [6.45, 7) is 1.68. The first kappa shape index (κ1) is 19.7. The van der Waals surface area contributed by atoms with Crippen molar-refractivity contribution in [1.82, 2.24) is 20.2 Å². The van der Waals surface area contributed by atoms with E-state index in [2.05, 4.69) is 20.2 Å². The molecule has 7 nitrogen and oxygen atoms in total. The number of hydrogen-bond acceptors (Lipinski definition) is 5. The molecule has 1 aliphatic carbocycles. The molecule has 0 bridgehead atoms.